The van der Waals surface area contributed by atoms with Crippen LogP contribution in [-0.4, -0.2) is 30.6 Å². The summed E-state index contributed by atoms with van der Waals surface area (Å²) in [5.74, 6) is 1.01. The van der Waals surface area contributed by atoms with Crippen molar-refractivity contribution in [3.63, 3.8) is 0 Å². The van der Waals surface area contributed by atoms with Crippen LogP contribution in [0, 0.1) is 5.92 Å². The highest BCUT2D eigenvalue weighted by atomic mass is 15.2. The van der Waals surface area contributed by atoms with Crippen LogP contribution in [0.5, 0.6) is 0 Å². The van der Waals surface area contributed by atoms with Crippen LogP contribution in [0.15, 0.2) is 30.3 Å². The van der Waals surface area contributed by atoms with Crippen LogP contribution >= 0.6 is 0 Å². The number of piperazine rings is 1. The van der Waals surface area contributed by atoms with Crippen molar-refractivity contribution in [2.24, 2.45) is 5.92 Å². The molecule has 1 aromatic carbocycles. The molecule has 3 rings (SSSR count). The third-order valence-corrected chi connectivity index (χ3v) is 5.51. The fourth-order valence-corrected chi connectivity index (χ4v) is 4.09. The Labute approximate surface area is 129 Å². The molecule has 2 atom stereocenters. The van der Waals surface area contributed by atoms with Gasteiger partial charge in [0.05, 0.1) is 0 Å². The molecule has 1 saturated carbocycles. The van der Waals surface area contributed by atoms with E-state index in [1.54, 1.807) is 0 Å². The van der Waals surface area contributed by atoms with Gasteiger partial charge in [0, 0.05) is 25.2 Å². The summed E-state index contributed by atoms with van der Waals surface area (Å²) >= 11 is 0. The van der Waals surface area contributed by atoms with Gasteiger partial charge in [-0.05, 0) is 30.9 Å². The molecule has 2 nitrogen and oxygen atoms in total. The van der Waals surface area contributed by atoms with Crippen molar-refractivity contribution in [2.75, 3.05) is 19.6 Å². The van der Waals surface area contributed by atoms with E-state index in [1.165, 1.54) is 57.2 Å². The molecule has 2 fully saturated rings. The van der Waals surface area contributed by atoms with Gasteiger partial charge in [-0.15, -0.1) is 0 Å². The highest BCUT2D eigenvalue weighted by Gasteiger charge is 2.28. The molecule has 2 heteroatoms. The number of nitrogens with one attached hydrogen (secondary N) is 1. The summed E-state index contributed by atoms with van der Waals surface area (Å²) in [5, 5.41) is 3.75. The van der Waals surface area contributed by atoms with Crippen LogP contribution in [0.25, 0.3) is 0 Å². The van der Waals surface area contributed by atoms with Gasteiger partial charge in [0.15, 0.2) is 0 Å². The monoisotopic (exact) mass is 286 g/mol. The van der Waals surface area contributed by atoms with Gasteiger partial charge in [-0.1, -0.05) is 62.9 Å². The lowest BCUT2D eigenvalue weighted by Crippen LogP contribution is -2.52. The third kappa shape index (κ3) is 3.87. The smallest absolute Gasteiger partial charge is 0.0449 e. The summed E-state index contributed by atoms with van der Waals surface area (Å²) in [6.07, 6.45) is 8.57. The molecule has 1 heterocycles. The van der Waals surface area contributed by atoms with Gasteiger partial charge < -0.3 is 5.32 Å². The molecular weight excluding hydrogens is 256 g/mol. The molecule has 2 unspecified atom stereocenters. The van der Waals surface area contributed by atoms with Crippen LogP contribution in [0.2, 0.25) is 0 Å². The van der Waals surface area contributed by atoms with E-state index < -0.39 is 0 Å². The maximum Gasteiger partial charge on any atom is 0.0449 e. The second-order valence-corrected chi connectivity index (χ2v) is 6.87. The summed E-state index contributed by atoms with van der Waals surface area (Å²) in [6, 6.07) is 12.2. The molecule has 0 aromatic heterocycles. The van der Waals surface area contributed by atoms with Gasteiger partial charge in [-0.3, -0.25) is 4.90 Å². The fraction of sp³-hybridized carbons (Fsp3) is 0.684. The molecule has 1 saturated heterocycles. The summed E-state index contributed by atoms with van der Waals surface area (Å²) in [6.45, 7) is 5.95. The highest BCUT2D eigenvalue weighted by Crippen LogP contribution is 2.29. The molecule has 21 heavy (non-hydrogen) atoms. The molecule has 0 bridgehead atoms. The first-order valence-corrected chi connectivity index (χ1v) is 8.89. The average molecular weight is 286 g/mol. The first-order chi connectivity index (χ1) is 10.4. The summed E-state index contributed by atoms with van der Waals surface area (Å²) in [4.78, 5) is 2.76. The Morgan fingerprint density at radius 2 is 1.90 bits per heavy atom. The molecule has 116 valence electrons. The molecule has 1 aliphatic heterocycles. The van der Waals surface area contributed by atoms with E-state index in [0.29, 0.717) is 6.04 Å². The largest absolute Gasteiger partial charge is 0.307 e. The van der Waals surface area contributed by atoms with E-state index in [4.69, 9.17) is 0 Å². The number of nitrogens with zero attached hydrogens (tertiary/aromatic N) is 1. The van der Waals surface area contributed by atoms with Crippen LogP contribution in [0.1, 0.15) is 57.1 Å². The van der Waals surface area contributed by atoms with Crippen molar-refractivity contribution in [3.05, 3.63) is 35.9 Å². The van der Waals surface area contributed by atoms with Gasteiger partial charge in [0.1, 0.15) is 0 Å². The Balaban J connectivity index is 1.58. The van der Waals surface area contributed by atoms with E-state index in [9.17, 15) is 0 Å². The van der Waals surface area contributed by atoms with Crippen molar-refractivity contribution < 1.29 is 0 Å². The maximum absolute atomic E-state index is 3.75. The molecule has 0 radical (unpaired) electrons. The van der Waals surface area contributed by atoms with Gasteiger partial charge in [-0.25, -0.2) is 0 Å². The highest BCUT2D eigenvalue weighted by molar-refractivity contribution is 5.20. The third-order valence-electron chi connectivity index (χ3n) is 5.51. The van der Waals surface area contributed by atoms with Crippen molar-refractivity contribution in [3.8, 4) is 0 Å². The van der Waals surface area contributed by atoms with Gasteiger partial charge >= 0.3 is 0 Å². The van der Waals surface area contributed by atoms with E-state index in [2.05, 4.69) is 47.5 Å². The van der Waals surface area contributed by atoms with Gasteiger partial charge in [0.2, 0.25) is 0 Å². The molecular formula is C19H30N2. The number of rotatable bonds is 5. The van der Waals surface area contributed by atoms with Crippen LogP contribution in [0.4, 0.5) is 0 Å². The van der Waals surface area contributed by atoms with Crippen LogP contribution in [-0.2, 0) is 0 Å². The summed E-state index contributed by atoms with van der Waals surface area (Å²) < 4.78 is 0. The summed E-state index contributed by atoms with van der Waals surface area (Å²) in [5.41, 5.74) is 1.44. The van der Waals surface area contributed by atoms with E-state index in [1.807, 2.05) is 0 Å². The zero-order valence-corrected chi connectivity index (χ0v) is 13.4. The molecule has 1 aliphatic carbocycles. The molecule has 1 N–H and O–H groups in total. The molecule has 2 aliphatic rings. The Bertz CT molecular complexity index is 411. The Hall–Kier alpha value is -0.860. The first-order valence-electron chi connectivity index (χ1n) is 8.89. The zero-order valence-electron chi connectivity index (χ0n) is 13.4. The lowest BCUT2D eigenvalue weighted by molar-refractivity contribution is 0.119. The number of hydrogen-bond donors (Lipinski definition) is 1. The van der Waals surface area contributed by atoms with Crippen molar-refractivity contribution in [2.45, 2.75) is 57.5 Å². The zero-order chi connectivity index (χ0) is 14.5. The van der Waals surface area contributed by atoms with Gasteiger partial charge in [-0.2, -0.15) is 0 Å². The SMILES string of the molecule is CCC1CNC(c2ccccc2)CN1CCC1CCCC1. The van der Waals surface area contributed by atoms with Crippen molar-refractivity contribution in [1.29, 1.82) is 0 Å². The van der Waals surface area contributed by atoms with E-state index in [-0.39, 0.29) is 0 Å². The number of hydrogen-bond acceptors (Lipinski definition) is 2. The lowest BCUT2D eigenvalue weighted by Gasteiger charge is -2.40. The molecule has 0 spiro atoms. The van der Waals surface area contributed by atoms with Crippen LogP contribution < -0.4 is 5.32 Å². The van der Waals surface area contributed by atoms with Crippen molar-refractivity contribution >= 4 is 0 Å². The predicted molar refractivity (Wildman–Crippen MR) is 89.4 cm³/mol. The quantitative estimate of drug-likeness (QED) is 0.880. The van der Waals surface area contributed by atoms with E-state index in [0.717, 1.165) is 18.5 Å². The minimum atomic E-state index is 0.512. The molecule has 0 amide bonds. The fourth-order valence-electron chi connectivity index (χ4n) is 4.09. The second kappa shape index (κ2) is 7.42. The predicted octanol–water partition coefficient (Wildman–Crippen LogP) is 3.99. The normalized spacial score (nSPS) is 28.0. The Morgan fingerprint density at radius 1 is 1.14 bits per heavy atom. The number of benzene rings is 1. The van der Waals surface area contributed by atoms with Crippen molar-refractivity contribution in [1.82, 2.24) is 10.2 Å². The van der Waals surface area contributed by atoms with E-state index >= 15 is 0 Å². The maximum atomic E-state index is 3.75. The minimum absolute atomic E-state index is 0.512. The Kier molecular flexibility index (Phi) is 5.32. The van der Waals surface area contributed by atoms with Crippen LogP contribution in [0.3, 0.4) is 0 Å². The minimum Gasteiger partial charge on any atom is -0.307 e. The second-order valence-electron chi connectivity index (χ2n) is 6.87. The topological polar surface area (TPSA) is 15.3 Å². The Morgan fingerprint density at radius 3 is 2.62 bits per heavy atom. The summed E-state index contributed by atoms with van der Waals surface area (Å²) in [7, 11) is 0. The van der Waals surface area contributed by atoms with Gasteiger partial charge in [0.25, 0.3) is 0 Å². The molecule has 1 aromatic rings. The standard InChI is InChI=1S/C19H30N2/c1-2-18-14-20-19(17-10-4-3-5-11-17)15-21(18)13-12-16-8-6-7-9-16/h3-5,10-11,16,18-20H,2,6-9,12-15H2,1H3. The average Bonchev–Trinajstić information content (AvgIpc) is 3.07. The first kappa shape index (κ1) is 15.1. The lowest BCUT2D eigenvalue weighted by atomic mass is 9.98.